The molecule has 3 aromatic rings. The minimum absolute atomic E-state index is 0.203. The molecule has 0 unspecified atom stereocenters. The normalized spacial score (nSPS) is 19.1. The van der Waals surface area contributed by atoms with E-state index in [1.165, 1.54) is 22.3 Å². The molecule has 1 N–H and O–H groups in total. The van der Waals surface area contributed by atoms with Gasteiger partial charge in [0.2, 0.25) is 0 Å². The number of aryl methyl sites for hydroxylation is 1. The van der Waals surface area contributed by atoms with Crippen molar-refractivity contribution in [1.29, 1.82) is 0 Å². The van der Waals surface area contributed by atoms with Gasteiger partial charge < -0.3 is 9.84 Å². The lowest BCUT2D eigenvalue weighted by Gasteiger charge is -2.35. The maximum absolute atomic E-state index is 9.76. The number of rotatable bonds is 3. The van der Waals surface area contributed by atoms with E-state index in [0.717, 1.165) is 18.6 Å². The van der Waals surface area contributed by atoms with Gasteiger partial charge in [0.1, 0.15) is 17.1 Å². The number of hydrogen-bond donors (Lipinski definition) is 1. The summed E-state index contributed by atoms with van der Waals surface area (Å²) in [6, 6.07) is 25.1. The molecular formula is C26H28O2. The number of benzene rings is 3. The van der Waals surface area contributed by atoms with Gasteiger partial charge >= 0.3 is 0 Å². The maximum atomic E-state index is 9.76. The lowest BCUT2D eigenvalue weighted by molar-refractivity contribution is 0.130. The fraction of sp³-hybridized carbons (Fsp3) is 0.308. The third-order valence-corrected chi connectivity index (χ3v) is 5.48. The quantitative estimate of drug-likeness (QED) is 0.574. The smallest absolute Gasteiger partial charge is 0.120 e. The molecule has 0 radical (unpaired) electrons. The van der Waals surface area contributed by atoms with Crippen LogP contribution in [0.25, 0.3) is 0 Å². The van der Waals surface area contributed by atoms with Crippen molar-refractivity contribution in [3.8, 4) is 11.5 Å². The van der Waals surface area contributed by atoms with Crippen molar-refractivity contribution in [3.05, 3.63) is 95.1 Å². The van der Waals surface area contributed by atoms with Gasteiger partial charge in [-0.15, -0.1) is 0 Å². The Kier molecular flexibility index (Phi) is 4.89. The van der Waals surface area contributed by atoms with Crippen LogP contribution in [0.15, 0.2) is 72.8 Å². The van der Waals surface area contributed by atoms with Gasteiger partial charge in [0.15, 0.2) is 0 Å². The first-order chi connectivity index (χ1) is 13.4. The van der Waals surface area contributed by atoms with Gasteiger partial charge in [0.25, 0.3) is 0 Å². The van der Waals surface area contributed by atoms with Crippen molar-refractivity contribution in [2.75, 3.05) is 0 Å². The van der Waals surface area contributed by atoms with E-state index >= 15 is 0 Å². The van der Waals surface area contributed by atoms with Crippen LogP contribution in [0.4, 0.5) is 0 Å². The van der Waals surface area contributed by atoms with Crippen molar-refractivity contribution in [3.63, 3.8) is 0 Å². The van der Waals surface area contributed by atoms with Gasteiger partial charge in [0.05, 0.1) is 0 Å². The number of ether oxygens (including phenoxy) is 1. The van der Waals surface area contributed by atoms with Gasteiger partial charge in [-0.05, 0) is 86.1 Å². The van der Waals surface area contributed by atoms with Crippen molar-refractivity contribution < 1.29 is 9.84 Å². The molecule has 0 saturated heterocycles. The second-order valence-electron chi connectivity index (χ2n) is 8.70. The number of aromatic hydroxyl groups is 1. The number of hydrogen-bond acceptors (Lipinski definition) is 2. The van der Waals surface area contributed by atoms with Crippen LogP contribution in [0.3, 0.4) is 0 Å². The van der Waals surface area contributed by atoms with E-state index in [4.69, 9.17) is 4.74 Å². The first-order valence-electron chi connectivity index (χ1n) is 10.1. The number of phenolic OH excluding ortho intramolecular Hbond substituents is 1. The Morgan fingerprint density at radius 3 is 2.25 bits per heavy atom. The summed E-state index contributed by atoms with van der Waals surface area (Å²) >= 11 is 0. The lowest BCUT2D eigenvalue weighted by Crippen LogP contribution is -2.24. The zero-order valence-corrected chi connectivity index (χ0v) is 16.9. The van der Waals surface area contributed by atoms with E-state index < -0.39 is 0 Å². The molecule has 3 aromatic carbocycles. The molecule has 0 aromatic heterocycles. The van der Waals surface area contributed by atoms with Gasteiger partial charge in [0, 0.05) is 5.92 Å². The first-order valence-corrected chi connectivity index (χ1v) is 10.1. The van der Waals surface area contributed by atoms with Gasteiger partial charge in [-0.2, -0.15) is 0 Å². The molecular weight excluding hydrogens is 344 g/mol. The monoisotopic (exact) mass is 372 g/mol. The summed E-state index contributed by atoms with van der Waals surface area (Å²) in [6.45, 7) is 6.24. The molecule has 0 amide bonds. The second-order valence-corrected chi connectivity index (χ2v) is 8.70. The summed E-state index contributed by atoms with van der Waals surface area (Å²) in [5.74, 6) is 1.95. The Morgan fingerprint density at radius 2 is 1.57 bits per heavy atom. The molecule has 0 spiro atoms. The summed E-state index contributed by atoms with van der Waals surface area (Å²) in [7, 11) is 0. The van der Waals surface area contributed by atoms with Crippen LogP contribution >= 0.6 is 0 Å². The molecule has 1 aliphatic carbocycles. The molecule has 0 fully saturated rings. The lowest BCUT2D eigenvalue weighted by atomic mass is 9.69. The Bertz CT molecular complexity index is 936. The molecule has 0 bridgehead atoms. The fourth-order valence-electron chi connectivity index (χ4n) is 4.37. The van der Waals surface area contributed by atoms with E-state index in [0.29, 0.717) is 11.7 Å². The van der Waals surface area contributed by atoms with Gasteiger partial charge in [-0.1, -0.05) is 48.5 Å². The van der Waals surface area contributed by atoms with Crippen LogP contribution in [-0.2, 0) is 6.42 Å². The van der Waals surface area contributed by atoms with Crippen molar-refractivity contribution in [2.45, 2.75) is 51.0 Å². The molecule has 1 aliphatic rings. The molecule has 144 valence electrons. The molecule has 0 heterocycles. The minimum atomic E-state index is -0.203. The second kappa shape index (κ2) is 7.35. The Labute approximate surface area is 167 Å². The zero-order valence-electron chi connectivity index (χ0n) is 16.9. The van der Waals surface area contributed by atoms with Gasteiger partial charge in [-0.3, -0.25) is 0 Å². The van der Waals surface area contributed by atoms with Crippen molar-refractivity contribution in [1.82, 2.24) is 0 Å². The van der Waals surface area contributed by atoms with Crippen LogP contribution in [0.5, 0.6) is 11.5 Å². The van der Waals surface area contributed by atoms with Crippen molar-refractivity contribution in [2.24, 2.45) is 0 Å². The predicted molar refractivity (Wildman–Crippen MR) is 114 cm³/mol. The summed E-state index contributed by atoms with van der Waals surface area (Å²) in [4.78, 5) is 0. The topological polar surface area (TPSA) is 29.5 Å². The molecule has 4 rings (SSSR count). The highest BCUT2D eigenvalue weighted by molar-refractivity contribution is 5.48. The summed E-state index contributed by atoms with van der Waals surface area (Å²) < 4.78 is 6.10. The molecule has 2 atom stereocenters. The Hall–Kier alpha value is -2.74. The van der Waals surface area contributed by atoms with Crippen LogP contribution < -0.4 is 4.74 Å². The van der Waals surface area contributed by atoms with E-state index in [9.17, 15) is 5.11 Å². The number of fused-ring (bicyclic) bond motifs is 1. The van der Waals surface area contributed by atoms with Crippen LogP contribution in [0.2, 0.25) is 0 Å². The van der Waals surface area contributed by atoms with Crippen LogP contribution in [-0.4, -0.2) is 10.7 Å². The van der Waals surface area contributed by atoms with Gasteiger partial charge in [-0.25, -0.2) is 0 Å². The predicted octanol–water partition coefficient (Wildman–Crippen LogP) is 6.43. The minimum Gasteiger partial charge on any atom is -0.508 e. The Balaban J connectivity index is 1.78. The number of phenols is 1. The fourth-order valence-corrected chi connectivity index (χ4v) is 4.37. The SMILES string of the molecule is CC(C)(C)Oc1ccc2c(c1)CC[C@@H](c1ccccc1)[C@H]2c1ccc(O)cc1. The highest BCUT2D eigenvalue weighted by atomic mass is 16.5. The molecule has 0 aliphatic heterocycles. The summed E-state index contributed by atoms with van der Waals surface area (Å²) in [5.41, 5.74) is 5.16. The van der Waals surface area contributed by atoms with E-state index in [2.05, 4.69) is 81.4 Å². The Morgan fingerprint density at radius 1 is 0.857 bits per heavy atom. The van der Waals surface area contributed by atoms with Crippen LogP contribution in [0.1, 0.15) is 61.3 Å². The zero-order chi connectivity index (χ0) is 19.7. The third kappa shape index (κ3) is 3.91. The van der Waals surface area contributed by atoms with E-state index in [1.54, 1.807) is 12.1 Å². The maximum Gasteiger partial charge on any atom is 0.120 e. The standard InChI is InChI=1S/C26H28O2/c1-26(2,3)28-22-14-16-24-20(17-22)11-15-23(18-7-5-4-6-8-18)25(24)19-9-12-21(27)13-10-19/h4-10,12-14,16-17,23,25,27H,11,15H2,1-3H3/t23-,25+/m0/s1. The largest absolute Gasteiger partial charge is 0.508 e. The first kappa shape index (κ1) is 18.6. The van der Waals surface area contributed by atoms with E-state index in [-0.39, 0.29) is 11.5 Å². The van der Waals surface area contributed by atoms with Crippen LogP contribution in [0, 0.1) is 0 Å². The van der Waals surface area contributed by atoms with Crippen molar-refractivity contribution >= 4 is 0 Å². The average molecular weight is 373 g/mol. The molecule has 28 heavy (non-hydrogen) atoms. The summed E-state index contributed by atoms with van der Waals surface area (Å²) in [6.07, 6.45) is 2.15. The highest BCUT2D eigenvalue weighted by Crippen LogP contribution is 2.47. The highest BCUT2D eigenvalue weighted by Gasteiger charge is 2.32. The van der Waals surface area contributed by atoms with E-state index in [1.807, 2.05) is 0 Å². The molecule has 2 nitrogen and oxygen atoms in total. The molecule has 2 heteroatoms. The summed E-state index contributed by atoms with van der Waals surface area (Å²) in [5, 5.41) is 9.76. The molecule has 0 saturated carbocycles. The third-order valence-electron chi connectivity index (χ3n) is 5.48. The average Bonchev–Trinajstić information content (AvgIpc) is 2.67.